The van der Waals surface area contributed by atoms with Gasteiger partial charge in [-0.2, -0.15) is 0 Å². The summed E-state index contributed by atoms with van der Waals surface area (Å²) in [4.78, 5) is 0. The highest BCUT2D eigenvalue weighted by molar-refractivity contribution is 6.06. The van der Waals surface area contributed by atoms with Crippen molar-refractivity contribution in [2.75, 3.05) is 5.32 Å². The molecule has 0 atom stereocenters. The van der Waals surface area contributed by atoms with Gasteiger partial charge in [-0.3, -0.25) is 0 Å². The van der Waals surface area contributed by atoms with Gasteiger partial charge in [0, 0.05) is 23.0 Å². The van der Waals surface area contributed by atoms with Crippen LogP contribution in [0.1, 0.15) is 11.1 Å². The average molecular weight is 303 g/mol. The number of aromatic hydroxyl groups is 1. The molecule has 0 saturated carbocycles. The average Bonchev–Trinajstić information content (AvgIpc) is 2.91. The molecule has 0 amide bonds. The van der Waals surface area contributed by atoms with Crippen molar-refractivity contribution >= 4 is 27.6 Å². The summed E-state index contributed by atoms with van der Waals surface area (Å²) in [5.74, 6) is 0.249. The van der Waals surface area contributed by atoms with E-state index >= 15 is 0 Å². The number of benzene rings is 3. The predicted octanol–water partition coefficient (Wildman–Crippen LogP) is 5.21. The molecule has 0 radical (unpaired) electrons. The largest absolute Gasteiger partial charge is 0.508 e. The lowest BCUT2D eigenvalue weighted by atomic mass is 10.1. The zero-order valence-electron chi connectivity index (χ0n) is 12.8. The van der Waals surface area contributed by atoms with Crippen LogP contribution >= 0.6 is 0 Å². The number of nitrogens with one attached hydrogen (secondary N) is 1. The summed E-state index contributed by atoms with van der Waals surface area (Å²) in [6.07, 6.45) is 0. The fourth-order valence-corrected chi connectivity index (χ4v) is 2.88. The first-order valence-electron chi connectivity index (χ1n) is 7.64. The zero-order valence-corrected chi connectivity index (χ0v) is 12.8. The Hall–Kier alpha value is -2.94. The molecule has 114 valence electrons. The fourth-order valence-electron chi connectivity index (χ4n) is 2.88. The molecule has 4 aromatic rings. The minimum absolute atomic E-state index is 0.249. The monoisotopic (exact) mass is 303 g/mol. The molecule has 0 aliphatic rings. The van der Waals surface area contributed by atoms with Gasteiger partial charge in [-0.15, -0.1) is 0 Å². The molecule has 3 nitrogen and oxygen atoms in total. The lowest BCUT2D eigenvalue weighted by Crippen LogP contribution is -2.00. The summed E-state index contributed by atoms with van der Waals surface area (Å²) in [5, 5.41) is 15.1. The number of anilines is 1. The van der Waals surface area contributed by atoms with Crippen LogP contribution in [-0.4, -0.2) is 5.11 Å². The van der Waals surface area contributed by atoms with E-state index in [9.17, 15) is 5.11 Å². The molecule has 0 saturated heterocycles. The number of aryl methyl sites for hydroxylation is 1. The first kappa shape index (κ1) is 13.7. The van der Waals surface area contributed by atoms with E-state index in [4.69, 9.17) is 4.42 Å². The van der Waals surface area contributed by atoms with Crippen molar-refractivity contribution in [2.24, 2.45) is 0 Å². The van der Waals surface area contributed by atoms with Crippen molar-refractivity contribution in [1.29, 1.82) is 0 Å². The molecule has 2 N–H and O–H groups in total. The Balaban J connectivity index is 1.69. The number of phenolic OH excluding ortho intramolecular Hbond substituents is 1. The third kappa shape index (κ3) is 2.50. The van der Waals surface area contributed by atoms with Gasteiger partial charge in [0.05, 0.1) is 0 Å². The third-order valence-electron chi connectivity index (χ3n) is 4.20. The van der Waals surface area contributed by atoms with Crippen LogP contribution in [0.15, 0.2) is 65.1 Å². The summed E-state index contributed by atoms with van der Waals surface area (Å²) >= 11 is 0. The van der Waals surface area contributed by atoms with Crippen molar-refractivity contribution in [2.45, 2.75) is 13.5 Å². The van der Waals surface area contributed by atoms with E-state index in [2.05, 4.69) is 42.6 Å². The molecule has 1 heterocycles. The Kier molecular flexibility index (Phi) is 3.19. The quantitative estimate of drug-likeness (QED) is 0.546. The molecule has 23 heavy (non-hydrogen) atoms. The molecule has 3 aromatic carbocycles. The molecule has 4 rings (SSSR count). The van der Waals surface area contributed by atoms with Gasteiger partial charge in [-0.1, -0.05) is 24.3 Å². The van der Waals surface area contributed by atoms with E-state index in [1.807, 2.05) is 12.1 Å². The van der Waals surface area contributed by atoms with Gasteiger partial charge in [-0.05, 0) is 54.4 Å². The van der Waals surface area contributed by atoms with E-state index in [1.54, 1.807) is 18.2 Å². The molecular formula is C20H17NO2. The van der Waals surface area contributed by atoms with Crippen molar-refractivity contribution in [3.63, 3.8) is 0 Å². The van der Waals surface area contributed by atoms with Gasteiger partial charge >= 0.3 is 0 Å². The highest BCUT2D eigenvalue weighted by atomic mass is 16.3. The van der Waals surface area contributed by atoms with Crippen LogP contribution in [-0.2, 0) is 6.54 Å². The summed E-state index contributed by atoms with van der Waals surface area (Å²) in [7, 11) is 0. The van der Waals surface area contributed by atoms with Crippen LogP contribution in [0.5, 0.6) is 5.75 Å². The summed E-state index contributed by atoms with van der Waals surface area (Å²) in [6, 6.07) is 19.6. The Labute approximate surface area is 134 Å². The van der Waals surface area contributed by atoms with Crippen molar-refractivity contribution < 1.29 is 9.52 Å². The molecular weight excluding hydrogens is 286 g/mol. The number of furan rings is 1. The Morgan fingerprint density at radius 3 is 2.48 bits per heavy atom. The van der Waals surface area contributed by atoms with E-state index in [-0.39, 0.29) is 5.75 Å². The van der Waals surface area contributed by atoms with Crippen LogP contribution in [0.3, 0.4) is 0 Å². The maximum atomic E-state index is 9.70. The van der Waals surface area contributed by atoms with Gasteiger partial charge in [0.2, 0.25) is 0 Å². The summed E-state index contributed by atoms with van der Waals surface area (Å²) in [6.45, 7) is 2.89. The number of rotatable bonds is 3. The molecule has 0 aliphatic carbocycles. The lowest BCUT2D eigenvalue weighted by molar-refractivity contribution is 0.476. The van der Waals surface area contributed by atoms with Crippen molar-refractivity contribution in [3.05, 3.63) is 71.8 Å². The van der Waals surface area contributed by atoms with Gasteiger partial charge < -0.3 is 14.8 Å². The topological polar surface area (TPSA) is 45.4 Å². The Morgan fingerprint density at radius 1 is 0.913 bits per heavy atom. The lowest BCUT2D eigenvalue weighted by Gasteiger charge is -2.09. The first-order chi connectivity index (χ1) is 11.2. The molecule has 0 aliphatic heterocycles. The second kappa shape index (κ2) is 5.36. The number of phenols is 1. The minimum Gasteiger partial charge on any atom is -0.508 e. The van der Waals surface area contributed by atoms with E-state index in [0.29, 0.717) is 0 Å². The maximum Gasteiger partial charge on any atom is 0.135 e. The van der Waals surface area contributed by atoms with Gasteiger partial charge in [0.25, 0.3) is 0 Å². The number of hydrogen-bond acceptors (Lipinski definition) is 3. The van der Waals surface area contributed by atoms with Crippen LogP contribution in [0.25, 0.3) is 21.9 Å². The van der Waals surface area contributed by atoms with Crippen LogP contribution in [0.2, 0.25) is 0 Å². The molecule has 0 bridgehead atoms. The van der Waals surface area contributed by atoms with E-state index in [1.165, 1.54) is 11.1 Å². The van der Waals surface area contributed by atoms with Gasteiger partial charge in [-0.25, -0.2) is 0 Å². The Bertz CT molecular complexity index is 1000. The minimum atomic E-state index is 0.249. The third-order valence-corrected chi connectivity index (χ3v) is 4.20. The molecule has 0 fully saturated rings. The predicted molar refractivity (Wildman–Crippen MR) is 93.9 cm³/mol. The summed E-state index contributed by atoms with van der Waals surface area (Å²) in [5.41, 5.74) is 5.20. The first-order valence-corrected chi connectivity index (χ1v) is 7.64. The van der Waals surface area contributed by atoms with Crippen LogP contribution < -0.4 is 5.32 Å². The zero-order chi connectivity index (χ0) is 15.8. The van der Waals surface area contributed by atoms with Crippen LogP contribution in [0, 0.1) is 6.92 Å². The van der Waals surface area contributed by atoms with Crippen molar-refractivity contribution in [3.8, 4) is 5.75 Å². The second-order valence-corrected chi connectivity index (χ2v) is 5.77. The van der Waals surface area contributed by atoms with E-state index < -0.39 is 0 Å². The molecule has 0 spiro atoms. The molecule has 1 aromatic heterocycles. The highest BCUT2D eigenvalue weighted by Crippen LogP contribution is 2.32. The van der Waals surface area contributed by atoms with Crippen molar-refractivity contribution in [1.82, 2.24) is 0 Å². The normalized spacial score (nSPS) is 11.2. The highest BCUT2D eigenvalue weighted by Gasteiger charge is 2.08. The second-order valence-electron chi connectivity index (χ2n) is 5.77. The fraction of sp³-hybridized carbons (Fsp3) is 0.100. The number of hydrogen-bond donors (Lipinski definition) is 2. The SMILES string of the molecule is Cc1ccccc1CNc1ccc2oc3ccc(O)cc3c2c1. The van der Waals surface area contributed by atoms with Crippen LogP contribution in [0.4, 0.5) is 5.69 Å². The van der Waals surface area contributed by atoms with E-state index in [0.717, 1.165) is 34.2 Å². The summed E-state index contributed by atoms with van der Waals surface area (Å²) < 4.78 is 5.81. The smallest absolute Gasteiger partial charge is 0.135 e. The standard InChI is InChI=1S/C20H17NO2/c1-13-4-2-3-5-14(13)12-21-15-6-8-19-17(10-15)18-11-16(22)7-9-20(18)23-19/h2-11,21-22H,12H2,1H3. The molecule has 0 unspecified atom stereocenters. The Morgan fingerprint density at radius 2 is 1.65 bits per heavy atom. The maximum absolute atomic E-state index is 9.70. The number of fused-ring (bicyclic) bond motifs is 3. The molecule has 3 heteroatoms. The van der Waals surface area contributed by atoms with Gasteiger partial charge in [0.15, 0.2) is 0 Å². The van der Waals surface area contributed by atoms with Gasteiger partial charge in [0.1, 0.15) is 16.9 Å².